The Morgan fingerprint density at radius 2 is 1.77 bits per heavy atom. The highest BCUT2D eigenvalue weighted by atomic mass is 16.5. The van der Waals surface area contributed by atoms with E-state index >= 15 is 0 Å². The Kier molecular flexibility index (Phi) is 5.91. The van der Waals surface area contributed by atoms with E-state index in [1.807, 2.05) is 0 Å². The van der Waals surface area contributed by atoms with Crippen molar-refractivity contribution in [2.75, 3.05) is 7.11 Å². The Hall–Kier alpha value is -3.23. The van der Waals surface area contributed by atoms with Gasteiger partial charge in [0, 0.05) is 23.1 Å². The fraction of sp³-hybridized carbons (Fsp3) is 0.318. The maximum atomic E-state index is 13.0. The Morgan fingerprint density at radius 3 is 2.40 bits per heavy atom. The first kappa shape index (κ1) is 21.5. The van der Waals surface area contributed by atoms with Gasteiger partial charge in [-0.15, -0.1) is 0 Å². The van der Waals surface area contributed by atoms with E-state index < -0.39 is 41.2 Å². The highest BCUT2D eigenvalue weighted by Gasteiger charge is 2.37. The lowest BCUT2D eigenvalue weighted by Gasteiger charge is -2.25. The molecule has 3 rings (SSSR count). The first-order valence-electron chi connectivity index (χ1n) is 9.44. The zero-order chi connectivity index (χ0) is 22.2. The fourth-order valence-electron chi connectivity index (χ4n) is 3.67. The molecule has 0 aliphatic heterocycles. The zero-order valence-corrected chi connectivity index (χ0v) is 16.5. The number of aliphatic hydroxyl groups excluding tert-OH is 2. The van der Waals surface area contributed by atoms with Crippen LogP contribution in [0.25, 0.3) is 0 Å². The van der Waals surface area contributed by atoms with Gasteiger partial charge < -0.3 is 25.2 Å². The molecular weight excluding hydrogens is 392 g/mol. The molecule has 0 aromatic heterocycles. The second-order valence-electron chi connectivity index (χ2n) is 7.14. The molecule has 2 aromatic rings. The van der Waals surface area contributed by atoms with Crippen LogP contribution in [-0.2, 0) is 16.0 Å². The summed E-state index contributed by atoms with van der Waals surface area (Å²) in [7, 11) is 1.17. The van der Waals surface area contributed by atoms with Crippen molar-refractivity contribution in [3.05, 3.63) is 57.6 Å². The van der Waals surface area contributed by atoms with Gasteiger partial charge in [0.2, 0.25) is 5.78 Å². The average molecular weight is 414 g/mol. The number of benzene rings is 2. The average Bonchev–Trinajstić information content (AvgIpc) is 2.71. The quantitative estimate of drug-likeness (QED) is 0.447. The van der Waals surface area contributed by atoms with Crippen LogP contribution in [0.2, 0.25) is 0 Å². The van der Waals surface area contributed by atoms with Crippen LogP contribution in [0.1, 0.15) is 68.8 Å². The lowest BCUT2D eigenvalue weighted by molar-refractivity contribution is -0.139. The molecule has 0 spiro atoms. The standard InChI is InChI=1S/C22H22O8/c1-3-11(23)9-15(25)17-10(8-16(26)30-2)7-13-19(21(17)28)22(29)18-12(20(13)27)5-4-6-14(18)24/h4-7,11,15,23-25,28H,3,8-9H2,1-2H3/t11?,15-/m1/s1. The van der Waals surface area contributed by atoms with Crippen molar-refractivity contribution in [1.82, 2.24) is 0 Å². The summed E-state index contributed by atoms with van der Waals surface area (Å²) in [4.78, 5) is 37.9. The Bertz CT molecular complexity index is 1040. The predicted molar refractivity (Wildman–Crippen MR) is 105 cm³/mol. The molecule has 1 aliphatic rings. The van der Waals surface area contributed by atoms with Crippen LogP contribution in [0.15, 0.2) is 24.3 Å². The smallest absolute Gasteiger partial charge is 0.309 e. The van der Waals surface area contributed by atoms with E-state index in [0.29, 0.717) is 6.42 Å². The van der Waals surface area contributed by atoms with E-state index in [2.05, 4.69) is 4.74 Å². The van der Waals surface area contributed by atoms with Crippen molar-refractivity contribution in [3.8, 4) is 11.5 Å². The summed E-state index contributed by atoms with van der Waals surface area (Å²) in [5, 5.41) is 41.6. The molecule has 0 amide bonds. The van der Waals surface area contributed by atoms with E-state index in [1.54, 1.807) is 6.92 Å². The number of ketones is 2. The van der Waals surface area contributed by atoms with Crippen LogP contribution >= 0.6 is 0 Å². The lowest BCUT2D eigenvalue weighted by atomic mass is 9.79. The summed E-state index contributed by atoms with van der Waals surface area (Å²) in [5.41, 5.74) is -0.778. The molecule has 0 fully saturated rings. The van der Waals surface area contributed by atoms with Gasteiger partial charge in [-0.2, -0.15) is 0 Å². The molecule has 8 heteroatoms. The van der Waals surface area contributed by atoms with Crippen LogP contribution in [0.4, 0.5) is 0 Å². The lowest BCUT2D eigenvalue weighted by Crippen LogP contribution is -2.24. The molecule has 0 saturated heterocycles. The third-order valence-electron chi connectivity index (χ3n) is 5.27. The van der Waals surface area contributed by atoms with Gasteiger partial charge in [0.15, 0.2) is 5.78 Å². The number of carbonyl (C=O) groups is 3. The molecule has 0 saturated carbocycles. The van der Waals surface area contributed by atoms with Gasteiger partial charge in [0.25, 0.3) is 0 Å². The third kappa shape index (κ3) is 3.55. The molecule has 4 N–H and O–H groups in total. The highest BCUT2D eigenvalue weighted by Crippen LogP contribution is 2.42. The minimum absolute atomic E-state index is 0.0226. The second-order valence-corrected chi connectivity index (χ2v) is 7.14. The first-order chi connectivity index (χ1) is 14.2. The summed E-state index contributed by atoms with van der Waals surface area (Å²) in [5.74, 6) is -3.12. The van der Waals surface area contributed by atoms with Crippen molar-refractivity contribution in [1.29, 1.82) is 0 Å². The molecule has 0 bridgehead atoms. The third-order valence-corrected chi connectivity index (χ3v) is 5.27. The topological polar surface area (TPSA) is 141 Å². The molecule has 158 valence electrons. The van der Waals surface area contributed by atoms with Crippen LogP contribution in [0.5, 0.6) is 11.5 Å². The van der Waals surface area contributed by atoms with E-state index in [-0.39, 0.29) is 46.2 Å². The van der Waals surface area contributed by atoms with E-state index in [9.17, 15) is 34.8 Å². The van der Waals surface area contributed by atoms with Gasteiger partial charge in [0.05, 0.1) is 36.9 Å². The minimum Gasteiger partial charge on any atom is -0.507 e. The molecule has 2 atom stereocenters. The number of carbonyl (C=O) groups excluding carboxylic acids is 3. The number of methoxy groups -OCH3 is 1. The number of aromatic hydroxyl groups is 2. The number of hydrogen-bond donors (Lipinski definition) is 4. The number of phenolic OH excluding ortho intramolecular Hbond substituents is 2. The Morgan fingerprint density at radius 1 is 1.07 bits per heavy atom. The van der Waals surface area contributed by atoms with Crippen molar-refractivity contribution in [3.63, 3.8) is 0 Å². The molecule has 8 nitrogen and oxygen atoms in total. The maximum absolute atomic E-state index is 13.0. The number of esters is 1. The highest BCUT2D eigenvalue weighted by molar-refractivity contribution is 6.30. The molecular formula is C22H22O8. The number of hydrogen-bond acceptors (Lipinski definition) is 8. The molecule has 1 unspecified atom stereocenters. The zero-order valence-electron chi connectivity index (χ0n) is 16.5. The molecule has 30 heavy (non-hydrogen) atoms. The Balaban J connectivity index is 2.25. The fourth-order valence-corrected chi connectivity index (χ4v) is 3.67. The maximum Gasteiger partial charge on any atom is 0.309 e. The Labute approximate surface area is 172 Å². The number of aliphatic hydroxyl groups is 2. The number of rotatable bonds is 6. The molecule has 2 aromatic carbocycles. The van der Waals surface area contributed by atoms with E-state index in [0.717, 1.165) is 0 Å². The second kappa shape index (κ2) is 8.25. The van der Waals surface area contributed by atoms with Gasteiger partial charge in [-0.05, 0) is 24.1 Å². The number of phenols is 2. The number of fused-ring (bicyclic) bond motifs is 2. The van der Waals surface area contributed by atoms with E-state index in [4.69, 9.17) is 0 Å². The van der Waals surface area contributed by atoms with Crippen molar-refractivity contribution in [2.45, 2.75) is 38.4 Å². The summed E-state index contributed by atoms with van der Waals surface area (Å²) in [6, 6.07) is 5.33. The van der Waals surface area contributed by atoms with Gasteiger partial charge in [-0.25, -0.2) is 0 Å². The van der Waals surface area contributed by atoms with Crippen molar-refractivity contribution < 1.29 is 39.5 Å². The van der Waals surface area contributed by atoms with Crippen molar-refractivity contribution in [2.24, 2.45) is 0 Å². The van der Waals surface area contributed by atoms with Crippen LogP contribution in [-0.4, -0.2) is 51.2 Å². The first-order valence-corrected chi connectivity index (χ1v) is 9.44. The van der Waals surface area contributed by atoms with Crippen molar-refractivity contribution >= 4 is 17.5 Å². The van der Waals surface area contributed by atoms with Gasteiger partial charge in [0.1, 0.15) is 11.5 Å². The predicted octanol–water partition coefficient (Wildman–Crippen LogP) is 1.78. The van der Waals surface area contributed by atoms with E-state index in [1.165, 1.54) is 31.4 Å². The van der Waals surface area contributed by atoms with Gasteiger partial charge >= 0.3 is 5.97 Å². The van der Waals surface area contributed by atoms with Gasteiger partial charge in [-0.1, -0.05) is 19.1 Å². The monoisotopic (exact) mass is 414 g/mol. The summed E-state index contributed by atoms with van der Waals surface area (Å²) in [6.45, 7) is 1.71. The van der Waals surface area contributed by atoms with Gasteiger partial charge in [-0.3, -0.25) is 14.4 Å². The summed E-state index contributed by atoms with van der Waals surface area (Å²) >= 11 is 0. The SMILES string of the molecule is CCC(O)C[C@@H](O)c1c(CC(=O)OC)cc2c(c1O)C(=O)c1c(O)cccc1C2=O. The summed E-state index contributed by atoms with van der Waals surface area (Å²) in [6.07, 6.45) is -2.46. The molecule has 1 aliphatic carbocycles. The normalized spacial score (nSPS) is 14.7. The number of ether oxygens (including phenoxy) is 1. The van der Waals surface area contributed by atoms with Crippen LogP contribution in [0.3, 0.4) is 0 Å². The van der Waals surface area contributed by atoms with Crippen LogP contribution in [0, 0.1) is 0 Å². The largest absolute Gasteiger partial charge is 0.507 e. The molecule has 0 heterocycles. The minimum atomic E-state index is -1.40. The summed E-state index contributed by atoms with van der Waals surface area (Å²) < 4.78 is 4.66. The van der Waals surface area contributed by atoms with Crippen LogP contribution < -0.4 is 0 Å². The molecule has 0 radical (unpaired) electrons.